The molecule has 6 heteroatoms. The molecule has 0 saturated heterocycles. The van der Waals surface area contributed by atoms with E-state index in [0.29, 0.717) is 11.5 Å². The molecule has 1 aromatic heterocycles. The number of aromatic nitrogens is 1. The minimum absolute atomic E-state index is 0.116. The van der Waals surface area contributed by atoms with Crippen molar-refractivity contribution < 1.29 is 13.2 Å². The first kappa shape index (κ1) is 17.7. The lowest BCUT2D eigenvalue weighted by Crippen LogP contribution is -2.29. The van der Waals surface area contributed by atoms with Crippen LogP contribution in [-0.4, -0.2) is 11.0 Å². The average Bonchev–Trinajstić information content (AvgIpc) is 3.03. The van der Waals surface area contributed by atoms with Crippen LogP contribution in [0.15, 0.2) is 47.4 Å². The zero-order valence-electron chi connectivity index (χ0n) is 13.9. The fraction of sp³-hybridized carbons (Fsp3) is 0.421. The van der Waals surface area contributed by atoms with E-state index < -0.39 is 11.7 Å². The van der Waals surface area contributed by atoms with Gasteiger partial charge in [0.05, 0.1) is 5.56 Å². The van der Waals surface area contributed by atoms with Gasteiger partial charge in [-0.15, -0.1) is 0 Å². The summed E-state index contributed by atoms with van der Waals surface area (Å²) in [5.74, 6) is 0.364. The number of H-pyrrole nitrogens is 1. The van der Waals surface area contributed by atoms with Crippen LogP contribution in [0.25, 0.3) is 0 Å². The molecule has 1 fully saturated rings. The Labute approximate surface area is 144 Å². The predicted octanol–water partition coefficient (Wildman–Crippen LogP) is 4.38. The van der Waals surface area contributed by atoms with E-state index in [0.717, 1.165) is 30.9 Å². The quantitative estimate of drug-likeness (QED) is 0.859. The standard InChI is InChI=1S/C19H21F3N2O/c1-12(13-3-2-4-16(9-13)19(20,21)22)24-17-7-5-14(10-17)15-6-8-18(25)23-11-15/h2-4,6,8-9,11-12,14,17,24H,5,7,10H2,1H3,(H,23,25)/t12-,14+,17?/m1/s1. The van der Waals surface area contributed by atoms with E-state index >= 15 is 0 Å². The SMILES string of the molecule is C[C@@H](NC1CC[C@H](c2ccc(=O)[nH]c2)C1)c1cccc(C(F)(F)F)c1. The maximum absolute atomic E-state index is 12.9. The van der Waals surface area contributed by atoms with Crippen LogP contribution in [0.2, 0.25) is 0 Å². The van der Waals surface area contributed by atoms with Crippen molar-refractivity contribution in [1.82, 2.24) is 10.3 Å². The highest BCUT2D eigenvalue weighted by Crippen LogP contribution is 2.35. The summed E-state index contributed by atoms with van der Waals surface area (Å²) < 4.78 is 38.6. The van der Waals surface area contributed by atoms with Crippen molar-refractivity contribution >= 4 is 0 Å². The number of hydrogen-bond acceptors (Lipinski definition) is 2. The molecule has 134 valence electrons. The van der Waals surface area contributed by atoms with Crippen molar-refractivity contribution in [2.24, 2.45) is 0 Å². The Balaban J connectivity index is 1.63. The summed E-state index contributed by atoms with van der Waals surface area (Å²) in [7, 11) is 0. The lowest BCUT2D eigenvalue weighted by molar-refractivity contribution is -0.137. The summed E-state index contributed by atoms with van der Waals surface area (Å²) in [6, 6.07) is 8.96. The molecule has 3 atom stereocenters. The first-order chi connectivity index (χ1) is 11.8. The second-order valence-electron chi connectivity index (χ2n) is 6.70. The first-order valence-electron chi connectivity index (χ1n) is 8.45. The fourth-order valence-electron chi connectivity index (χ4n) is 3.55. The molecule has 1 aromatic carbocycles. The van der Waals surface area contributed by atoms with Crippen LogP contribution in [0.5, 0.6) is 0 Å². The molecule has 0 bridgehead atoms. The topological polar surface area (TPSA) is 44.9 Å². The van der Waals surface area contributed by atoms with Gasteiger partial charge in [-0.25, -0.2) is 0 Å². The van der Waals surface area contributed by atoms with Gasteiger partial charge in [0.25, 0.3) is 0 Å². The Kier molecular flexibility index (Phi) is 4.99. The van der Waals surface area contributed by atoms with E-state index in [-0.39, 0.29) is 17.6 Å². The number of hydrogen-bond donors (Lipinski definition) is 2. The summed E-state index contributed by atoms with van der Waals surface area (Å²) in [6.45, 7) is 1.89. The van der Waals surface area contributed by atoms with Gasteiger partial charge in [-0.3, -0.25) is 4.79 Å². The summed E-state index contributed by atoms with van der Waals surface area (Å²) >= 11 is 0. The number of alkyl halides is 3. The maximum atomic E-state index is 12.9. The molecule has 0 spiro atoms. The lowest BCUT2D eigenvalue weighted by atomic mass is 9.99. The molecule has 0 aliphatic heterocycles. The molecule has 25 heavy (non-hydrogen) atoms. The average molecular weight is 350 g/mol. The van der Waals surface area contributed by atoms with Crippen molar-refractivity contribution in [3.8, 4) is 0 Å². The molecule has 3 nitrogen and oxygen atoms in total. The number of benzene rings is 1. The van der Waals surface area contributed by atoms with E-state index in [4.69, 9.17) is 0 Å². The van der Waals surface area contributed by atoms with E-state index in [1.165, 1.54) is 18.2 Å². The van der Waals surface area contributed by atoms with E-state index in [1.54, 1.807) is 12.3 Å². The molecule has 2 N–H and O–H groups in total. The Morgan fingerprint density at radius 1 is 1.20 bits per heavy atom. The first-order valence-corrected chi connectivity index (χ1v) is 8.45. The van der Waals surface area contributed by atoms with Crippen molar-refractivity contribution in [2.75, 3.05) is 0 Å². The second kappa shape index (κ2) is 7.04. The summed E-state index contributed by atoms with van der Waals surface area (Å²) in [6.07, 6.45) is 0.311. The molecule has 1 aliphatic carbocycles. The lowest BCUT2D eigenvalue weighted by Gasteiger charge is -2.21. The number of rotatable bonds is 4. The van der Waals surface area contributed by atoms with Crippen molar-refractivity contribution in [2.45, 2.75) is 50.4 Å². The van der Waals surface area contributed by atoms with Gasteiger partial charge >= 0.3 is 6.18 Å². The van der Waals surface area contributed by atoms with E-state index in [2.05, 4.69) is 10.3 Å². The summed E-state index contributed by atoms with van der Waals surface area (Å²) in [5.41, 5.74) is 1.02. The van der Waals surface area contributed by atoms with Gasteiger partial charge < -0.3 is 10.3 Å². The van der Waals surface area contributed by atoms with Gasteiger partial charge in [0.15, 0.2) is 0 Å². The largest absolute Gasteiger partial charge is 0.416 e. The van der Waals surface area contributed by atoms with Gasteiger partial charge in [-0.05, 0) is 55.4 Å². The molecule has 3 rings (SSSR count). The van der Waals surface area contributed by atoms with E-state index in [1.807, 2.05) is 13.0 Å². The monoisotopic (exact) mass is 350 g/mol. The van der Waals surface area contributed by atoms with Gasteiger partial charge in [0, 0.05) is 24.3 Å². The van der Waals surface area contributed by atoms with Gasteiger partial charge in [0.1, 0.15) is 0 Å². The second-order valence-corrected chi connectivity index (χ2v) is 6.70. The van der Waals surface area contributed by atoms with Gasteiger partial charge in [0.2, 0.25) is 5.56 Å². The fourth-order valence-corrected chi connectivity index (χ4v) is 3.55. The van der Waals surface area contributed by atoms with Crippen LogP contribution in [0.3, 0.4) is 0 Å². The van der Waals surface area contributed by atoms with Crippen LogP contribution in [0.1, 0.15) is 54.8 Å². The molecule has 1 unspecified atom stereocenters. The predicted molar refractivity (Wildman–Crippen MR) is 90.4 cm³/mol. The molecule has 1 saturated carbocycles. The molecule has 0 radical (unpaired) electrons. The summed E-state index contributed by atoms with van der Waals surface area (Å²) in [4.78, 5) is 13.8. The smallest absolute Gasteiger partial charge is 0.329 e. The van der Waals surface area contributed by atoms with Crippen LogP contribution >= 0.6 is 0 Å². The molecule has 1 heterocycles. The van der Waals surface area contributed by atoms with Crippen molar-refractivity contribution in [1.29, 1.82) is 0 Å². The highest BCUT2D eigenvalue weighted by atomic mass is 19.4. The number of halogens is 3. The Morgan fingerprint density at radius 2 is 2.00 bits per heavy atom. The molecular weight excluding hydrogens is 329 g/mol. The van der Waals surface area contributed by atoms with Gasteiger partial charge in [-0.2, -0.15) is 13.2 Å². The normalized spacial score (nSPS) is 22.1. The Morgan fingerprint density at radius 3 is 2.68 bits per heavy atom. The van der Waals surface area contributed by atoms with Gasteiger partial charge in [-0.1, -0.05) is 18.2 Å². The molecule has 2 aromatic rings. The minimum atomic E-state index is -4.32. The summed E-state index contributed by atoms with van der Waals surface area (Å²) in [5, 5.41) is 3.45. The molecule has 1 aliphatic rings. The van der Waals surface area contributed by atoms with Crippen LogP contribution in [0, 0.1) is 0 Å². The maximum Gasteiger partial charge on any atom is 0.416 e. The Hall–Kier alpha value is -2.08. The molecular formula is C19H21F3N2O. The van der Waals surface area contributed by atoms with Crippen LogP contribution in [-0.2, 0) is 6.18 Å². The number of pyridine rings is 1. The highest BCUT2D eigenvalue weighted by molar-refractivity contribution is 5.28. The third kappa shape index (κ3) is 4.31. The highest BCUT2D eigenvalue weighted by Gasteiger charge is 2.31. The zero-order valence-corrected chi connectivity index (χ0v) is 13.9. The van der Waals surface area contributed by atoms with Crippen molar-refractivity contribution in [3.63, 3.8) is 0 Å². The minimum Gasteiger partial charge on any atom is -0.329 e. The zero-order chi connectivity index (χ0) is 18.0. The number of aromatic amines is 1. The Bertz CT molecular complexity index is 764. The van der Waals surface area contributed by atoms with E-state index in [9.17, 15) is 18.0 Å². The third-order valence-electron chi connectivity index (χ3n) is 4.91. The van der Waals surface area contributed by atoms with Crippen LogP contribution in [0.4, 0.5) is 13.2 Å². The number of nitrogens with one attached hydrogen (secondary N) is 2. The van der Waals surface area contributed by atoms with Crippen LogP contribution < -0.4 is 10.9 Å². The molecule has 0 amide bonds. The van der Waals surface area contributed by atoms with Crippen molar-refractivity contribution in [3.05, 3.63) is 69.6 Å². The third-order valence-corrected chi connectivity index (χ3v) is 4.91.